The molecule has 3 rings (SSSR count). The van der Waals surface area contributed by atoms with Crippen LogP contribution in [0.4, 0.5) is 5.82 Å². The van der Waals surface area contributed by atoms with Gasteiger partial charge >= 0.3 is 0 Å². The molecule has 6 nitrogen and oxygen atoms in total. The lowest BCUT2D eigenvalue weighted by Crippen LogP contribution is -1.98. The molecule has 18 heavy (non-hydrogen) atoms. The molecule has 0 aromatic carbocycles. The van der Waals surface area contributed by atoms with E-state index < -0.39 is 0 Å². The highest BCUT2D eigenvalue weighted by Gasteiger charge is 2.14. The van der Waals surface area contributed by atoms with Crippen molar-refractivity contribution in [3.8, 4) is 22.8 Å². The number of anilines is 1. The van der Waals surface area contributed by atoms with Crippen LogP contribution in [0.15, 0.2) is 47.6 Å². The summed E-state index contributed by atoms with van der Waals surface area (Å²) < 4.78 is 5.34. The highest BCUT2D eigenvalue weighted by atomic mass is 16.3. The molecule has 0 aliphatic carbocycles. The predicted octanol–water partition coefficient (Wildman–Crippen LogP) is 1.78. The predicted molar refractivity (Wildman–Crippen MR) is 65.2 cm³/mol. The maximum Gasteiger partial charge on any atom is 0.154 e. The van der Waals surface area contributed by atoms with Crippen LogP contribution in [0, 0.1) is 0 Å². The average Bonchev–Trinajstić information content (AvgIpc) is 2.93. The van der Waals surface area contributed by atoms with Crippen molar-refractivity contribution in [2.45, 2.75) is 0 Å². The van der Waals surface area contributed by atoms with Gasteiger partial charge in [0, 0.05) is 6.20 Å². The number of rotatable bonds is 2. The number of nitrogens with two attached hydrogens (primary N) is 1. The fourth-order valence-corrected chi connectivity index (χ4v) is 1.61. The Morgan fingerprint density at radius 3 is 2.78 bits per heavy atom. The SMILES string of the molecule is Nc1cnc(-c2ccncn2)c(-c2ccco2)n1. The molecule has 0 spiro atoms. The lowest BCUT2D eigenvalue weighted by atomic mass is 10.2. The molecule has 3 heterocycles. The van der Waals surface area contributed by atoms with Crippen molar-refractivity contribution >= 4 is 5.82 Å². The molecule has 3 aromatic rings. The summed E-state index contributed by atoms with van der Waals surface area (Å²) >= 11 is 0. The summed E-state index contributed by atoms with van der Waals surface area (Å²) in [7, 11) is 0. The first-order valence-corrected chi connectivity index (χ1v) is 5.27. The first-order valence-electron chi connectivity index (χ1n) is 5.27. The molecular formula is C12H9N5O. The van der Waals surface area contributed by atoms with Crippen LogP contribution in [-0.2, 0) is 0 Å². The van der Waals surface area contributed by atoms with Crippen LogP contribution >= 0.6 is 0 Å². The van der Waals surface area contributed by atoms with Crippen molar-refractivity contribution < 1.29 is 4.42 Å². The minimum atomic E-state index is 0.333. The lowest BCUT2D eigenvalue weighted by molar-refractivity contribution is 0.580. The molecule has 0 fully saturated rings. The molecule has 3 aromatic heterocycles. The zero-order chi connectivity index (χ0) is 12.4. The van der Waals surface area contributed by atoms with E-state index in [0.29, 0.717) is 28.7 Å². The Morgan fingerprint density at radius 1 is 1.11 bits per heavy atom. The summed E-state index contributed by atoms with van der Waals surface area (Å²) in [4.78, 5) is 16.5. The molecule has 0 aliphatic heterocycles. The van der Waals surface area contributed by atoms with E-state index in [1.165, 1.54) is 12.5 Å². The van der Waals surface area contributed by atoms with Gasteiger partial charge in [0.25, 0.3) is 0 Å². The van der Waals surface area contributed by atoms with Crippen LogP contribution in [0.2, 0.25) is 0 Å². The quantitative estimate of drug-likeness (QED) is 0.732. The molecule has 0 saturated carbocycles. The number of hydrogen-bond donors (Lipinski definition) is 1. The van der Waals surface area contributed by atoms with Gasteiger partial charge in [0.2, 0.25) is 0 Å². The Hall–Kier alpha value is -2.76. The second-order valence-electron chi connectivity index (χ2n) is 3.56. The van der Waals surface area contributed by atoms with Crippen molar-refractivity contribution in [3.05, 3.63) is 43.2 Å². The third-order valence-corrected chi connectivity index (χ3v) is 2.37. The molecule has 0 radical (unpaired) electrons. The average molecular weight is 239 g/mol. The smallest absolute Gasteiger partial charge is 0.154 e. The van der Waals surface area contributed by atoms with E-state index in [1.807, 2.05) is 0 Å². The molecule has 0 unspecified atom stereocenters. The standard InChI is InChI=1S/C12H9N5O/c13-10-6-15-11(8-3-4-14-7-16-8)12(17-10)9-2-1-5-18-9/h1-7H,(H2,13,17). The van der Waals surface area contributed by atoms with Gasteiger partial charge in [0.15, 0.2) is 5.76 Å². The van der Waals surface area contributed by atoms with Gasteiger partial charge in [-0.15, -0.1) is 0 Å². The molecule has 88 valence electrons. The van der Waals surface area contributed by atoms with E-state index >= 15 is 0 Å². The van der Waals surface area contributed by atoms with Gasteiger partial charge in [-0.25, -0.2) is 19.9 Å². The number of hydrogen-bond acceptors (Lipinski definition) is 6. The third kappa shape index (κ3) is 1.80. The summed E-state index contributed by atoms with van der Waals surface area (Å²) in [6, 6.07) is 5.34. The van der Waals surface area contributed by atoms with Crippen molar-refractivity contribution in [1.82, 2.24) is 19.9 Å². The topological polar surface area (TPSA) is 90.7 Å². The fourth-order valence-electron chi connectivity index (χ4n) is 1.61. The fraction of sp³-hybridized carbons (Fsp3) is 0. The Labute approximate surface area is 103 Å². The second kappa shape index (κ2) is 4.25. The molecule has 0 saturated heterocycles. The first kappa shape index (κ1) is 10.4. The van der Waals surface area contributed by atoms with Crippen LogP contribution in [0.25, 0.3) is 22.8 Å². The molecule has 0 atom stereocenters. The van der Waals surface area contributed by atoms with Gasteiger partial charge in [-0.3, -0.25) is 0 Å². The van der Waals surface area contributed by atoms with Gasteiger partial charge in [-0.05, 0) is 18.2 Å². The summed E-state index contributed by atoms with van der Waals surface area (Å²) in [5, 5.41) is 0. The Morgan fingerprint density at radius 2 is 2.06 bits per heavy atom. The number of furan rings is 1. The molecule has 0 aliphatic rings. The van der Waals surface area contributed by atoms with Crippen LogP contribution in [0.1, 0.15) is 0 Å². The second-order valence-corrected chi connectivity index (χ2v) is 3.56. The lowest BCUT2D eigenvalue weighted by Gasteiger charge is -2.05. The van der Waals surface area contributed by atoms with Gasteiger partial charge in [-0.2, -0.15) is 0 Å². The summed E-state index contributed by atoms with van der Waals surface area (Å²) in [5.41, 5.74) is 7.51. The van der Waals surface area contributed by atoms with Crippen LogP contribution in [0.3, 0.4) is 0 Å². The van der Waals surface area contributed by atoms with E-state index in [-0.39, 0.29) is 0 Å². The van der Waals surface area contributed by atoms with E-state index in [9.17, 15) is 0 Å². The zero-order valence-corrected chi connectivity index (χ0v) is 9.32. The van der Waals surface area contributed by atoms with E-state index in [1.54, 1.807) is 30.7 Å². The maximum atomic E-state index is 5.66. The highest BCUT2D eigenvalue weighted by Crippen LogP contribution is 2.27. The largest absolute Gasteiger partial charge is 0.463 e. The normalized spacial score (nSPS) is 10.4. The van der Waals surface area contributed by atoms with E-state index in [2.05, 4.69) is 19.9 Å². The molecule has 6 heteroatoms. The minimum Gasteiger partial charge on any atom is -0.463 e. The summed E-state index contributed by atoms with van der Waals surface area (Å²) in [5.74, 6) is 0.933. The number of aromatic nitrogens is 4. The van der Waals surface area contributed by atoms with E-state index in [0.717, 1.165) is 0 Å². The number of nitrogen functional groups attached to an aromatic ring is 1. The van der Waals surface area contributed by atoms with Crippen LogP contribution < -0.4 is 5.73 Å². The monoisotopic (exact) mass is 239 g/mol. The van der Waals surface area contributed by atoms with E-state index in [4.69, 9.17) is 10.2 Å². The van der Waals surface area contributed by atoms with Gasteiger partial charge in [0.05, 0.1) is 18.2 Å². The molecule has 0 bridgehead atoms. The number of nitrogens with zero attached hydrogens (tertiary/aromatic N) is 4. The van der Waals surface area contributed by atoms with Crippen molar-refractivity contribution in [1.29, 1.82) is 0 Å². The maximum absolute atomic E-state index is 5.66. The highest BCUT2D eigenvalue weighted by molar-refractivity contribution is 5.73. The Bertz CT molecular complexity index is 651. The molecule has 0 amide bonds. The van der Waals surface area contributed by atoms with Gasteiger partial charge in [0.1, 0.15) is 23.5 Å². The van der Waals surface area contributed by atoms with Crippen LogP contribution in [0.5, 0.6) is 0 Å². The Kier molecular flexibility index (Phi) is 2.45. The first-order chi connectivity index (χ1) is 8.84. The molecule has 2 N–H and O–H groups in total. The van der Waals surface area contributed by atoms with Crippen LogP contribution in [-0.4, -0.2) is 19.9 Å². The van der Waals surface area contributed by atoms with Crippen molar-refractivity contribution in [2.75, 3.05) is 5.73 Å². The van der Waals surface area contributed by atoms with Crippen molar-refractivity contribution in [2.24, 2.45) is 0 Å². The zero-order valence-electron chi connectivity index (χ0n) is 9.32. The third-order valence-electron chi connectivity index (χ3n) is 2.37. The summed E-state index contributed by atoms with van der Waals surface area (Å²) in [6.45, 7) is 0. The van der Waals surface area contributed by atoms with Crippen molar-refractivity contribution in [3.63, 3.8) is 0 Å². The summed E-state index contributed by atoms with van der Waals surface area (Å²) in [6.07, 6.45) is 6.17. The van der Waals surface area contributed by atoms with Gasteiger partial charge < -0.3 is 10.2 Å². The van der Waals surface area contributed by atoms with Gasteiger partial charge in [-0.1, -0.05) is 0 Å². The molecular weight excluding hydrogens is 230 g/mol. The minimum absolute atomic E-state index is 0.333. The Balaban J connectivity index is 2.21.